The van der Waals surface area contributed by atoms with E-state index in [1.165, 1.54) is 0 Å². The predicted molar refractivity (Wildman–Crippen MR) is 39.5 cm³/mol. The maximum Gasteiger partial charge on any atom is 0.234 e. The minimum Gasteiger partial charge on any atom is -0.396 e. The topological polar surface area (TPSA) is 73.1 Å². The van der Waals surface area contributed by atoms with Crippen molar-refractivity contribution >= 4 is 5.91 Å². The lowest BCUT2D eigenvalue weighted by molar-refractivity contribution is -0.120. The molecule has 0 radical (unpaired) electrons. The van der Waals surface area contributed by atoms with Crippen LogP contribution in [-0.4, -0.2) is 23.7 Å². The highest BCUT2D eigenvalue weighted by atomic mass is 16.3. The van der Waals surface area contributed by atoms with Gasteiger partial charge in [-0.3, -0.25) is 4.79 Å². The first-order valence-electron chi connectivity index (χ1n) is 3.48. The summed E-state index contributed by atoms with van der Waals surface area (Å²) in [5.41, 5.74) is 0. The van der Waals surface area contributed by atoms with E-state index < -0.39 is 0 Å². The Balaban J connectivity index is 3.50. The second-order valence-electron chi connectivity index (χ2n) is 2.32. The summed E-state index contributed by atoms with van der Waals surface area (Å²) in [6.07, 6.45) is 0.410. The summed E-state index contributed by atoms with van der Waals surface area (Å²) >= 11 is 0. The average Bonchev–Trinajstić information content (AvgIpc) is 1.87. The molecule has 0 aliphatic rings. The summed E-state index contributed by atoms with van der Waals surface area (Å²) in [4.78, 5) is 10.7. The molecule has 0 aromatic carbocycles. The SMILES string of the molecule is C[C@H](CCO)NC(=O)CC#N. The highest BCUT2D eigenvalue weighted by Crippen LogP contribution is 1.89. The number of rotatable bonds is 4. The van der Waals surface area contributed by atoms with Crippen LogP contribution in [0.1, 0.15) is 19.8 Å². The van der Waals surface area contributed by atoms with Crippen molar-refractivity contribution in [2.45, 2.75) is 25.8 Å². The molecule has 0 fully saturated rings. The fraction of sp³-hybridized carbons (Fsp3) is 0.714. The number of hydrogen-bond donors (Lipinski definition) is 2. The number of nitrogens with one attached hydrogen (secondary N) is 1. The Labute approximate surface area is 65.8 Å². The van der Waals surface area contributed by atoms with E-state index in [2.05, 4.69) is 5.32 Å². The minimum absolute atomic E-state index is 0.0496. The van der Waals surface area contributed by atoms with Crippen LogP contribution in [-0.2, 0) is 4.79 Å². The van der Waals surface area contributed by atoms with E-state index in [9.17, 15) is 4.79 Å². The molecular formula is C7H12N2O2. The first-order valence-corrected chi connectivity index (χ1v) is 3.48. The van der Waals surface area contributed by atoms with Crippen LogP contribution >= 0.6 is 0 Å². The quantitative estimate of drug-likeness (QED) is 0.591. The largest absolute Gasteiger partial charge is 0.396 e. The second-order valence-corrected chi connectivity index (χ2v) is 2.32. The molecule has 11 heavy (non-hydrogen) atoms. The van der Waals surface area contributed by atoms with Gasteiger partial charge in [0.2, 0.25) is 5.91 Å². The molecule has 0 heterocycles. The molecule has 4 nitrogen and oxygen atoms in total. The monoisotopic (exact) mass is 156 g/mol. The van der Waals surface area contributed by atoms with Crippen molar-refractivity contribution < 1.29 is 9.90 Å². The van der Waals surface area contributed by atoms with Crippen molar-refractivity contribution in [2.75, 3.05) is 6.61 Å². The third-order valence-corrected chi connectivity index (χ3v) is 1.21. The van der Waals surface area contributed by atoms with Crippen LogP contribution in [0.5, 0.6) is 0 Å². The number of hydrogen-bond acceptors (Lipinski definition) is 3. The zero-order chi connectivity index (χ0) is 8.69. The lowest BCUT2D eigenvalue weighted by Crippen LogP contribution is -2.32. The molecule has 0 aromatic heterocycles. The van der Waals surface area contributed by atoms with E-state index in [0.717, 1.165) is 0 Å². The third kappa shape index (κ3) is 5.37. The average molecular weight is 156 g/mol. The van der Waals surface area contributed by atoms with Crippen molar-refractivity contribution in [1.82, 2.24) is 5.32 Å². The van der Waals surface area contributed by atoms with E-state index >= 15 is 0 Å². The molecule has 0 saturated carbocycles. The Kier molecular flexibility index (Phi) is 5.13. The van der Waals surface area contributed by atoms with Gasteiger partial charge < -0.3 is 10.4 Å². The molecule has 1 atom stereocenters. The van der Waals surface area contributed by atoms with E-state index in [-0.39, 0.29) is 25.0 Å². The number of carbonyl (C=O) groups is 1. The molecular weight excluding hydrogens is 144 g/mol. The van der Waals surface area contributed by atoms with Crippen LogP contribution in [0, 0.1) is 11.3 Å². The van der Waals surface area contributed by atoms with Gasteiger partial charge in [0.05, 0.1) is 6.07 Å². The molecule has 2 N–H and O–H groups in total. The van der Waals surface area contributed by atoms with Crippen molar-refractivity contribution in [3.05, 3.63) is 0 Å². The highest BCUT2D eigenvalue weighted by Gasteiger charge is 2.04. The van der Waals surface area contributed by atoms with Crippen LogP contribution in [0.2, 0.25) is 0 Å². The van der Waals surface area contributed by atoms with Crippen LogP contribution in [0.25, 0.3) is 0 Å². The fourth-order valence-corrected chi connectivity index (χ4v) is 0.663. The number of amides is 1. The molecule has 0 rings (SSSR count). The number of carbonyl (C=O) groups excluding carboxylic acids is 1. The second kappa shape index (κ2) is 5.69. The van der Waals surface area contributed by atoms with Gasteiger partial charge >= 0.3 is 0 Å². The fourth-order valence-electron chi connectivity index (χ4n) is 0.663. The molecule has 0 unspecified atom stereocenters. The van der Waals surface area contributed by atoms with Crippen molar-refractivity contribution in [1.29, 1.82) is 5.26 Å². The molecule has 1 amide bonds. The van der Waals surface area contributed by atoms with E-state index in [1.54, 1.807) is 13.0 Å². The highest BCUT2D eigenvalue weighted by molar-refractivity contribution is 5.78. The maximum atomic E-state index is 10.7. The van der Waals surface area contributed by atoms with Gasteiger partial charge in [-0.1, -0.05) is 0 Å². The number of aliphatic hydroxyl groups is 1. The van der Waals surface area contributed by atoms with Crippen molar-refractivity contribution in [2.24, 2.45) is 0 Å². The zero-order valence-corrected chi connectivity index (χ0v) is 6.50. The summed E-state index contributed by atoms with van der Waals surface area (Å²) in [7, 11) is 0. The van der Waals surface area contributed by atoms with Gasteiger partial charge in [0, 0.05) is 12.6 Å². The number of nitrogens with zero attached hydrogens (tertiary/aromatic N) is 1. The normalized spacial score (nSPS) is 11.7. The zero-order valence-electron chi connectivity index (χ0n) is 6.50. The molecule has 0 bridgehead atoms. The van der Waals surface area contributed by atoms with Gasteiger partial charge in [0.1, 0.15) is 6.42 Å². The van der Waals surface area contributed by atoms with Crippen LogP contribution in [0.4, 0.5) is 0 Å². The maximum absolute atomic E-state index is 10.7. The Bertz CT molecular complexity index is 162. The van der Waals surface area contributed by atoms with Crippen LogP contribution < -0.4 is 5.32 Å². The predicted octanol–water partition coefficient (Wildman–Crippen LogP) is -0.213. The smallest absolute Gasteiger partial charge is 0.234 e. The lowest BCUT2D eigenvalue weighted by atomic mass is 10.2. The van der Waals surface area contributed by atoms with E-state index in [0.29, 0.717) is 6.42 Å². The van der Waals surface area contributed by atoms with Crippen molar-refractivity contribution in [3.8, 4) is 6.07 Å². The minimum atomic E-state index is -0.284. The van der Waals surface area contributed by atoms with E-state index in [1.807, 2.05) is 0 Å². The molecule has 4 heteroatoms. The summed E-state index contributed by atoms with van der Waals surface area (Å²) in [6, 6.07) is 1.69. The molecule has 0 aliphatic heterocycles. The Morgan fingerprint density at radius 1 is 1.82 bits per heavy atom. The van der Waals surface area contributed by atoms with Crippen LogP contribution in [0.3, 0.4) is 0 Å². The van der Waals surface area contributed by atoms with Gasteiger partial charge in [0.25, 0.3) is 0 Å². The molecule has 0 aromatic rings. The van der Waals surface area contributed by atoms with Gasteiger partial charge in [-0.2, -0.15) is 5.26 Å². The van der Waals surface area contributed by atoms with E-state index in [4.69, 9.17) is 10.4 Å². The third-order valence-electron chi connectivity index (χ3n) is 1.21. The number of nitriles is 1. The molecule has 62 valence electrons. The Morgan fingerprint density at radius 3 is 2.91 bits per heavy atom. The number of aliphatic hydroxyl groups excluding tert-OH is 1. The van der Waals surface area contributed by atoms with Gasteiger partial charge in [-0.05, 0) is 13.3 Å². The summed E-state index contributed by atoms with van der Waals surface area (Å²) in [5.74, 6) is -0.284. The summed E-state index contributed by atoms with van der Waals surface area (Å²) < 4.78 is 0. The Hall–Kier alpha value is -1.08. The van der Waals surface area contributed by atoms with Gasteiger partial charge in [0.15, 0.2) is 0 Å². The molecule has 0 spiro atoms. The molecule has 0 aliphatic carbocycles. The molecule has 0 saturated heterocycles. The first kappa shape index (κ1) is 9.92. The van der Waals surface area contributed by atoms with Gasteiger partial charge in [-0.25, -0.2) is 0 Å². The lowest BCUT2D eigenvalue weighted by Gasteiger charge is -2.09. The van der Waals surface area contributed by atoms with Gasteiger partial charge in [-0.15, -0.1) is 0 Å². The Morgan fingerprint density at radius 2 is 2.45 bits per heavy atom. The summed E-state index contributed by atoms with van der Waals surface area (Å²) in [5, 5.41) is 19.1. The van der Waals surface area contributed by atoms with Crippen molar-refractivity contribution in [3.63, 3.8) is 0 Å². The standard InChI is InChI=1S/C7H12N2O2/c1-6(3-5-10)9-7(11)2-4-8/h6,10H,2-3,5H2,1H3,(H,9,11)/t6-/m1/s1. The van der Waals surface area contributed by atoms with Crippen LogP contribution in [0.15, 0.2) is 0 Å². The summed E-state index contributed by atoms with van der Waals surface area (Å²) in [6.45, 7) is 1.83. The first-order chi connectivity index (χ1) is 5.20.